The highest BCUT2D eigenvalue weighted by Crippen LogP contribution is 2.36. The van der Waals surface area contributed by atoms with E-state index in [4.69, 9.17) is 8.83 Å². The minimum Gasteiger partial charge on any atom is -0.464 e. The van der Waals surface area contributed by atoms with Gasteiger partial charge in [-0.25, -0.2) is 4.79 Å². The molecule has 0 fully saturated rings. The number of hydrogen-bond donors (Lipinski definition) is 0. The van der Waals surface area contributed by atoms with E-state index in [1.54, 1.807) is 12.3 Å². The quantitative estimate of drug-likeness (QED) is 0.480. The molecular weight excluding hydrogens is 264 g/mol. The van der Waals surface area contributed by atoms with Gasteiger partial charge in [0.2, 0.25) is 0 Å². The Morgan fingerprint density at radius 1 is 1.00 bits per heavy atom. The molecule has 0 aliphatic heterocycles. The summed E-state index contributed by atoms with van der Waals surface area (Å²) in [5.74, 6) is 0. The first-order valence-electron chi connectivity index (χ1n) is 6.74. The Balaban J connectivity index is 2.20. The van der Waals surface area contributed by atoms with E-state index >= 15 is 0 Å². The lowest BCUT2D eigenvalue weighted by Gasteiger charge is -2.03. The van der Waals surface area contributed by atoms with E-state index < -0.39 is 0 Å². The summed E-state index contributed by atoms with van der Waals surface area (Å²) in [5.41, 5.74) is 3.96. The molecule has 4 aromatic rings. The van der Waals surface area contributed by atoms with Gasteiger partial charge in [0.15, 0.2) is 0 Å². The number of rotatable bonds is 1. The van der Waals surface area contributed by atoms with Crippen molar-refractivity contribution in [3.63, 3.8) is 0 Å². The van der Waals surface area contributed by atoms with Crippen LogP contribution in [0.25, 0.3) is 33.1 Å². The molecule has 3 heteroatoms. The minimum absolute atomic E-state index is 0.352. The lowest BCUT2D eigenvalue weighted by atomic mass is 10.0. The molecular formula is C18H12O3. The molecule has 0 saturated heterocycles. The molecule has 0 N–H and O–H groups in total. The Kier molecular flexibility index (Phi) is 2.48. The predicted molar refractivity (Wildman–Crippen MR) is 82.4 cm³/mol. The number of hydrogen-bond acceptors (Lipinski definition) is 3. The van der Waals surface area contributed by atoms with Gasteiger partial charge in [-0.2, -0.15) is 0 Å². The van der Waals surface area contributed by atoms with E-state index in [0.29, 0.717) is 5.58 Å². The third kappa shape index (κ3) is 1.78. The average molecular weight is 276 g/mol. The highest BCUT2D eigenvalue weighted by molar-refractivity contribution is 6.11. The van der Waals surface area contributed by atoms with Crippen molar-refractivity contribution in [1.82, 2.24) is 0 Å². The standard InChI is InChI=1S/C18H12O3/c1-11-9-15-17(18-13(11)7-8-16(19)21-18)14(10-20-15)12-5-3-2-4-6-12/h2-10H,1H3. The molecule has 0 atom stereocenters. The van der Waals surface area contributed by atoms with Crippen LogP contribution in [0.1, 0.15) is 5.56 Å². The van der Waals surface area contributed by atoms with Gasteiger partial charge in [-0.3, -0.25) is 0 Å². The van der Waals surface area contributed by atoms with Crippen molar-refractivity contribution in [2.45, 2.75) is 6.92 Å². The van der Waals surface area contributed by atoms with Crippen molar-refractivity contribution in [3.8, 4) is 11.1 Å². The van der Waals surface area contributed by atoms with Crippen molar-refractivity contribution in [1.29, 1.82) is 0 Å². The van der Waals surface area contributed by atoms with Crippen LogP contribution >= 0.6 is 0 Å². The number of benzene rings is 2. The predicted octanol–water partition coefficient (Wildman–Crippen LogP) is 4.51. The molecule has 2 heterocycles. The second-order valence-electron chi connectivity index (χ2n) is 5.08. The molecule has 0 unspecified atom stereocenters. The molecule has 0 aliphatic rings. The highest BCUT2D eigenvalue weighted by atomic mass is 16.4. The van der Waals surface area contributed by atoms with E-state index in [1.165, 1.54) is 6.07 Å². The smallest absolute Gasteiger partial charge is 0.336 e. The summed E-state index contributed by atoms with van der Waals surface area (Å²) < 4.78 is 11.1. The second kappa shape index (κ2) is 4.35. The van der Waals surface area contributed by atoms with Crippen molar-refractivity contribution in [2.24, 2.45) is 0 Å². The monoisotopic (exact) mass is 276 g/mol. The summed E-state index contributed by atoms with van der Waals surface area (Å²) in [6.07, 6.45) is 1.71. The Bertz CT molecular complexity index is 1010. The van der Waals surface area contributed by atoms with Gasteiger partial charge in [0.25, 0.3) is 0 Å². The molecule has 0 bridgehead atoms. The SMILES string of the molecule is Cc1cc2occ(-c3ccccc3)c2c2oc(=O)ccc12. The molecule has 102 valence electrons. The molecule has 2 aromatic heterocycles. The first-order chi connectivity index (χ1) is 10.2. The van der Waals surface area contributed by atoms with Gasteiger partial charge in [-0.1, -0.05) is 30.3 Å². The van der Waals surface area contributed by atoms with Crippen LogP contribution in [-0.2, 0) is 0 Å². The zero-order valence-electron chi connectivity index (χ0n) is 11.4. The highest BCUT2D eigenvalue weighted by Gasteiger charge is 2.15. The number of aryl methyl sites for hydroxylation is 1. The lowest BCUT2D eigenvalue weighted by molar-refractivity contribution is 0.563. The second-order valence-corrected chi connectivity index (χ2v) is 5.08. The number of fused-ring (bicyclic) bond motifs is 3. The van der Waals surface area contributed by atoms with Crippen molar-refractivity contribution < 1.29 is 8.83 Å². The van der Waals surface area contributed by atoms with Crippen LogP contribution in [0.2, 0.25) is 0 Å². The molecule has 0 radical (unpaired) electrons. The zero-order chi connectivity index (χ0) is 14.4. The Morgan fingerprint density at radius 2 is 1.81 bits per heavy atom. The molecule has 2 aromatic carbocycles. The molecule has 0 amide bonds. The van der Waals surface area contributed by atoms with E-state index in [9.17, 15) is 4.79 Å². The van der Waals surface area contributed by atoms with Gasteiger partial charge in [-0.15, -0.1) is 0 Å². The first-order valence-corrected chi connectivity index (χ1v) is 6.74. The summed E-state index contributed by atoms with van der Waals surface area (Å²) >= 11 is 0. The zero-order valence-corrected chi connectivity index (χ0v) is 11.4. The Labute approximate surface area is 120 Å². The summed E-state index contributed by atoms with van der Waals surface area (Å²) in [4.78, 5) is 11.6. The fourth-order valence-corrected chi connectivity index (χ4v) is 2.73. The maximum Gasteiger partial charge on any atom is 0.336 e. The fraction of sp³-hybridized carbons (Fsp3) is 0.0556. The van der Waals surface area contributed by atoms with Gasteiger partial charge in [-0.05, 0) is 30.2 Å². The van der Waals surface area contributed by atoms with E-state index in [1.807, 2.05) is 43.3 Å². The summed E-state index contributed by atoms with van der Waals surface area (Å²) in [6.45, 7) is 1.98. The summed E-state index contributed by atoms with van der Waals surface area (Å²) in [7, 11) is 0. The minimum atomic E-state index is -0.352. The van der Waals surface area contributed by atoms with E-state index in [-0.39, 0.29) is 5.63 Å². The van der Waals surface area contributed by atoms with E-state index in [0.717, 1.165) is 33.0 Å². The van der Waals surface area contributed by atoms with Crippen LogP contribution in [0, 0.1) is 6.92 Å². The van der Waals surface area contributed by atoms with Crippen molar-refractivity contribution in [2.75, 3.05) is 0 Å². The Hall–Kier alpha value is -2.81. The number of furan rings is 1. The van der Waals surface area contributed by atoms with Gasteiger partial charge < -0.3 is 8.83 Å². The first kappa shape index (κ1) is 12.0. The van der Waals surface area contributed by atoms with Gasteiger partial charge in [0.05, 0.1) is 11.6 Å². The maximum atomic E-state index is 11.6. The van der Waals surface area contributed by atoms with Crippen molar-refractivity contribution in [3.05, 3.63) is 70.8 Å². The van der Waals surface area contributed by atoms with E-state index in [2.05, 4.69) is 0 Å². The summed E-state index contributed by atoms with van der Waals surface area (Å²) in [6, 6.07) is 15.2. The fourth-order valence-electron chi connectivity index (χ4n) is 2.73. The third-order valence-corrected chi connectivity index (χ3v) is 3.74. The van der Waals surface area contributed by atoms with Gasteiger partial charge in [0.1, 0.15) is 11.2 Å². The molecule has 0 aliphatic carbocycles. The summed E-state index contributed by atoms with van der Waals surface area (Å²) in [5, 5.41) is 1.78. The Morgan fingerprint density at radius 3 is 2.62 bits per heavy atom. The van der Waals surface area contributed by atoms with Crippen LogP contribution in [-0.4, -0.2) is 0 Å². The topological polar surface area (TPSA) is 43.4 Å². The molecule has 3 nitrogen and oxygen atoms in total. The van der Waals surface area contributed by atoms with Crippen LogP contribution < -0.4 is 5.63 Å². The third-order valence-electron chi connectivity index (χ3n) is 3.74. The normalized spacial score (nSPS) is 11.3. The average Bonchev–Trinajstić information content (AvgIpc) is 2.92. The van der Waals surface area contributed by atoms with Crippen LogP contribution in [0.5, 0.6) is 0 Å². The van der Waals surface area contributed by atoms with Crippen LogP contribution in [0.3, 0.4) is 0 Å². The van der Waals surface area contributed by atoms with Gasteiger partial charge in [0, 0.05) is 17.0 Å². The van der Waals surface area contributed by atoms with Crippen LogP contribution in [0.4, 0.5) is 0 Å². The molecule has 0 spiro atoms. The van der Waals surface area contributed by atoms with Crippen molar-refractivity contribution >= 4 is 21.9 Å². The molecule has 0 saturated carbocycles. The largest absolute Gasteiger partial charge is 0.464 e. The van der Waals surface area contributed by atoms with Crippen LogP contribution in [0.15, 0.2) is 68.4 Å². The molecule has 21 heavy (non-hydrogen) atoms. The lowest BCUT2D eigenvalue weighted by Crippen LogP contribution is -1.95. The maximum absolute atomic E-state index is 11.6. The van der Waals surface area contributed by atoms with Gasteiger partial charge >= 0.3 is 5.63 Å². The molecule has 4 rings (SSSR count).